The number of likely N-dealkylation sites (tertiary alicyclic amines) is 1. The molecule has 0 saturated carbocycles. The van der Waals surface area contributed by atoms with E-state index in [-0.39, 0.29) is 6.03 Å². The Morgan fingerprint density at radius 2 is 2.33 bits per heavy atom. The quantitative estimate of drug-likeness (QED) is 0.836. The number of amides is 2. The molecule has 0 aromatic heterocycles. The number of aliphatic hydroxyl groups is 1. The fourth-order valence-electron chi connectivity index (χ4n) is 1.92. The van der Waals surface area contributed by atoms with Gasteiger partial charge in [-0.2, -0.15) is 0 Å². The number of anilines is 1. The highest BCUT2D eigenvalue weighted by Gasteiger charge is 2.22. The highest BCUT2D eigenvalue weighted by molar-refractivity contribution is 9.10. The van der Waals surface area contributed by atoms with E-state index in [4.69, 9.17) is 0 Å². The Hall–Kier alpha value is -1.14. The van der Waals surface area contributed by atoms with E-state index in [1.807, 2.05) is 0 Å². The Labute approximate surface area is 113 Å². The number of nitrogens with one attached hydrogen (secondary N) is 1. The molecule has 0 spiro atoms. The molecule has 0 aliphatic carbocycles. The SMILES string of the molecule is O=C(Nc1ccc(Br)c(F)c1)N1CCC[C@H](O)C1. The van der Waals surface area contributed by atoms with Gasteiger partial charge in [-0.25, -0.2) is 9.18 Å². The zero-order chi connectivity index (χ0) is 13.1. The van der Waals surface area contributed by atoms with Gasteiger partial charge in [0, 0.05) is 18.8 Å². The zero-order valence-corrected chi connectivity index (χ0v) is 11.3. The molecule has 1 aromatic carbocycles. The maximum Gasteiger partial charge on any atom is 0.321 e. The minimum absolute atomic E-state index is 0.310. The van der Waals surface area contributed by atoms with Crippen molar-refractivity contribution in [1.29, 1.82) is 0 Å². The number of hydrogen-bond acceptors (Lipinski definition) is 2. The van der Waals surface area contributed by atoms with E-state index in [1.54, 1.807) is 6.07 Å². The summed E-state index contributed by atoms with van der Waals surface area (Å²) in [7, 11) is 0. The number of hydrogen-bond donors (Lipinski definition) is 2. The molecule has 1 fully saturated rings. The van der Waals surface area contributed by atoms with Gasteiger partial charge in [0.2, 0.25) is 0 Å². The predicted octanol–water partition coefficient (Wildman–Crippen LogP) is 2.58. The number of halogens is 2. The van der Waals surface area contributed by atoms with Crippen LogP contribution in [0.15, 0.2) is 22.7 Å². The number of urea groups is 1. The van der Waals surface area contributed by atoms with Crippen LogP contribution in [0, 0.1) is 5.82 Å². The minimum Gasteiger partial charge on any atom is -0.391 e. The summed E-state index contributed by atoms with van der Waals surface area (Å²) in [4.78, 5) is 13.4. The number of piperidine rings is 1. The zero-order valence-electron chi connectivity index (χ0n) is 9.70. The standard InChI is InChI=1S/C12H14BrFN2O2/c13-10-4-3-8(6-11(10)14)15-12(18)16-5-1-2-9(17)7-16/h3-4,6,9,17H,1-2,5,7H2,(H,15,18)/t9-/m0/s1. The molecule has 2 rings (SSSR count). The van der Waals surface area contributed by atoms with E-state index in [1.165, 1.54) is 17.0 Å². The molecule has 1 heterocycles. The summed E-state index contributed by atoms with van der Waals surface area (Å²) in [6, 6.07) is 4.10. The van der Waals surface area contributed by atoms with E-state index in [9.17, 15) is 14.3 Å². The second kappa shape index (κ2) is 5.67. The summed E-state index contributed by atoms with van der Waals surface area (Å²) in [6.45, 7) is 0.937. The summed E-state index contributed by atoms with van der Waals surface area (Å²) in [5.74, 6) is -0.425. The van der Waals surface area contributed by atoms with Crippen LogP contribution in [0.5, 0.6) is 0 Å². The summed E-state index contributed by atoms with van der Waals surface area (Å²) < 4.78 is 13.6. The van der Waals surface area contributed by atoms with Gasteiger partial charge in [0.1, 0.15) is 5.82 Å². The Bertz CT molecular complexity index is 456. The van der Waals surface area contributed by atoms with E-state index in [0.29, 0.717) is 23.2 Å². The van der Waals surface area contributed by atoms with Crippen LogP contribution in [0.2, 0.25) is 0 Å². The van der Waals surface area contributed by atoms with Gasteiger partial charge in [0.05, 0.1) is 10.6 Å². The van der Waals surface area contributed by atoms with Crippen molar-refractivity contribution in [1.82, 2.24) is 4.90 Å². The molecule has 1 atom stereocenters. The number of carbonyl (C=O) groups is 1. The van der Waals surface area contributed by atoms with Crippen LogP contribution in [-0.2, 0) is 0 Å². The van der Waals surface area contributed by atoms with Gasteiger partial charge in [-0.1, -0.05) is 0 Å². The average molecular weight is 317 g/mol. The van der Waals surface area contributed by atoms with E-state index in [2.05, 4.69) is 21.2 Å². The lowest BCUT2D eigenvalue weighted by atomic mass is 10.1. The number of nitrogens with zero attached hydrogens (tertiary/aromatic N) is 1. The minimum atomic E-state index is -0.467. The molecule has 1 aliphatic heterocycles. The third-order valence-electron chi connectivity index (χ3n) is 2.85. The van der Waals surface area contributed by atoms with Crippen LogP contribution in [0.25, 0.3) is 0 Å². The highest BCUT2D eigenvalue weighted by Crippen LogP contribution is 2.20. The molecule has 0 bridgehead atoms. The van der Waals surface area contributed by atoms with Crippen molar-refractivity contribution >= 4 is 27.6 Å². The van der Waals surface area contributed by atoms with Gasteiger partial charge < -0.3 is 15.3 Å². The summed E-state index contributed by atoms with van der Waals surface area (Å²) in [5.41, 5.74) is 0.403. The lowest BCUT2D eigenvalue weighted by molar-refractivity contribution is 0.0883. The van der Waals surface area contributed by atoms with Crippen LogP contribution in [0.1, 0.15) is 12.8 Å². The van der Waals surface area contributed by atoms with Gasteiger partial charge >= 0.3 is 6.03 Å². The van der Waals surface area contributed by atoms with Gasteiger partial charge in [-0.05, 0) is 47.0 Å². The Morgan fingerprint density at radius 1 is 1.56 bits per heavy atom. The lowest BCUT2D eigenvalue weighted by Crippen LogP contribution is -2.44. The third-order valence-corrected chi connectivity index (χ3v) is 3.50. The first-order chi connectivity index (χ1) is 8.56. The number of β-amino-alcohol motifs (C(OH)–C–C–N with tert-alkyl or cyclic N) is 1. The van der Waals surface area contributed by atoms with Gasteiger partial charge in [0.15, 0.2) is 0 Å². The molecule has 2 N–H and O–H groups in total. The fraction of sp³-hybridized carbons (Fsp3) is 0.417. The molecule has 1 aromatic rings. The second-order valence-electron chi connectivity index (χ2n) is 4.30. The number of benzene rings is 1. The number of aliphatic hydroxyl groups excluding tert-OH is 1. The maximum absolute atomic E-state index is 13.3. The van der Waals surface area contributed by atoms with Crippen molar-refractivity contribution in [3.63, 3.8) is 0 Å². The van der Waals surface area contributed by atoms with Crippen LogP contribution < -0.4 is 5.32 Å². The molecular formula is C12H14BrFN2O2. The Morgan fingerprint density at radius 3 is 3.00 bits per heavy atom. The highest BCUT2D eigenvalue weighted by atomic mass is 79.9. The molecule has 98 valence electrons. The first-order valence-corrected chi connectivity index (χ1v) is 6.54. The lowest BCUT2D eigenvalue weighted by Gasteiger charge is -2.30. The topological polar surface area (TPSA) is 52.6 Å². The smallest absolute Gasteiger partial charge is 0.321 e. The normalized spacial score (nSPS) is 19.7. The van der Waals surface area contributed by atoms with Crippen LogP contribution in [0.3, 0.4) is 0 Å². The van der Waals surface area contributed by atoms with Crippen molar-refractivity contribution < 1.29 is 14.3 Å². The van der Waals surface area contributed by atoms with Crippen molar-refractivity contribution in [2.24, 2.45) is 0 Å². The van der Waals surface area contributed by atoms with E-state index in [0.717, 1.165) is 12.8 Å². The molecule has 1 saturated heterocycles. The van der Waals surface area contributed by atoms with Gasteiger partial charge in [-0.3, -0.25) is 0 Å². The van der Waals surface area contributed by atoms with E-state index < -0.39 is 11.9 Å². The average Bonchev–Trinajstić information content (AvgIpc) is 2.34. The summed E-state index contributed by atoms with van der Waals surface area (Å²) in [5, 5.41) is 12.1. The second-order valence-corrected chi connectivity index (χ2v) is 5.16. The summed E-state index contributed by atoms with van der Waals surface area (Å²) in [6.07, 6.45) is 1.03. The molecular weight excluding hydrogens is 303 g/mol. The van der Waals surface area contributed by atoms with Crippen molar-refractivity contribution in [3.05, 3.63) is 28.5 Å². The molecule has 2 amide bonds. The monoisotopic (exact) mass is 316 g/mol. The molecule has 4 nitrogen and oxygen atoms in total. The molecule has 1 aliphatic rings. The Balaban J connectivity index is 2.00. The largest absolute Gasteiger partial charge is 0.391 e. The number of carbonyl (C=O) groups excluding carboxylic acids is 1. The van der Waals surface area contributed by atoms with Crippen molar-refractivity contribution in [2.75, 3.05) is 18.4 Å². The van der Waals surface area contributed by atoms with Crippen LogP contribution in [-0.4, -0.2) is 35.2 Å². The van der Waals surface area contributed by atoms with Crippen LogP contribution >= 0.6 is 15.9 Å². The van der Waals surface area contributed by atoms with Gasteiger partial charge in [0.25, 0.3) is 0 Å². The molecule has 18 heavy (non-hydrogen) atoms. The molecule has 0 radical (unpaired) electrons. The predicted molar refractivity (Wildman–Crippen MR) is 69.9 cm³/mol. The third kappa shape index (κ3) is 3.20. The maximum atomic E-state index is 13.3. The Kier molecular flexibility index (Phi) is 4.19. The first kappa shape index (κ1) is 13.3. The van der Waals surface area contributed by atoms with Crippen molar-refractivity contribution in [2.45, 2.75) is 18.9 Å². The molecule has 0 unspecified atom stereocenters. The van der Waals surface area contributed by atoms with Crippen LogP contribution in [0.4, 0.5) is 14.9 Å². The first-order valence-electron chi connectivity index (χ1n) is 5.75. The van der Waals surface area contributed by atoms with Gasteiger partial charge in [-0.15, -0.1) is 0 Å². The molecule has 6 heteroatoms. The van der Waals surface area contributed by atoms with E-state index >= 15 is 0 Å². The number of rotatable bonds is 1. The fourth-order valence-corrected chi connectivity index (χ4v) is 2.16. The van der Waals surface area contributed by atoms with Crippen molar-refractivity contribution in [3.8, 4) is 0 Å². The summed E-state index contributed by atoms with van der Waals surface area (Å²) >= 11 is 3.05.